The zero-order valence-corrected chi connectivity index (χ0v) is 9.48. The van der Waals surface area contributed by atoms with E-state index in [1.807, 2.05) is 19.3 Å². The molecule has 0 bridgehead atoms. The third kappa shape index (κ3) is 2.25. The van der Waals surface area contributed by atoms with Gasteiger partial charge in [0.15, 0.2) is 0 Å². The van der Waals surface area contributed by atoms with E-state index >= 15 is 0 Å². The Kier molecular flexibility index (Phi) is 3.58. The Morgan fingerprint density at radius 1 is 1.69 bits per heavy atom. The van der Waals surface area contributed by atoms with E-state index in [2.05, 4.69) is 20.5 Å². The minimum Gasteiger partial charge on any atom is -0.395 e. The van der Waals surface area contributed by atoms with Gasteiger partial charge in [-0.2, -0.15) is 0 Å². The van der Waals surface area contributed by atoms with Crippen molar-refractivity contribution in [3.8, 4) is 0 Å². The molecule has 1 aliphatic heterocycles. The lowest BCUT2D eigenvalue weighted by Crippen LogP contribution is -2.52. The molecular formula is C11H18N4O. The molecule has 3 N–H and O–H groups in total. The van der Waals surface area contributed by atoms with Gasteiger partial charge in [-0.1, -0.05) is 0 Å². The first-order valence-corrected chi connectivity index (χ1v) is 5.56. The third-order valence-corrected chi connectivity index (χ3v) is 2.88. The number of aliphatic hydroxyl groups excluding tert-OH is 1. The van der Waals surface area contributed by atoms with Crippen molar-refractivity contribution in [1.82, 2.24) is 10.3 Å². The highest BCUT2D eigenvalue weighted by Gasteiger charge is 2.20. The number of nitrogens with one attached hydrogen (secondary N) is 2. The number of hydrogen-bond acceptors (Lipinski definition) is 5. The Morgan fingerprint density at radius 3 is 3.31 bits per heavy atom. The molecule has 1 aromatic heterocycles. The molecule has 16 heavy (non-hydrogen) atoms. The standard InChI is InChI=1S/C11H18N4O/c1-12-10-6-13-3-2-11(10)15-5-4-14-9(7-15)8-16/h2-3,6,9,12,14,16H,4-5,7-8H2,1H3/t9-/m0/s1. The highest BCUT2D eigenvalue weighted by atomic mass is 16.3. The second-order valence-corrected chi connectivity index (χ2v) is 3.92. The van der Waals surface area contributed by atoms with Gasteiger partial charge < -0.3 is 20.6 Å². The summed E-state index contributed by atoms with van der Waals surface area (Å²) in [6, 6.07) is 2.16. The van der Waals surface area contributed by atoms with E-state index < -0.39 is 0 Å². The zero-order valence-electron chi connectivity index (χ0n) is 9.48. The summed E-state index contributed by atoms with van der Waals surface area (Å²) in [4.78, 5) is 6.36. The molecule has 2 heterocycles. The molecule has 1 saturated heterocycles. The molecule has 5 heteroatoms. The lowest BCUT2D eigenvalue weighted by molar-refractivity contribution is 0.236. The summed E-state index contributed by atoms with van der Waals surface area (Å²) in [5, 5.41) is 15.6. The van der Waals surface area contributed by atoms with Crippen LogP contribution >= 0.6 is 0 Å². The summed E-state index contributed by atoms with van der Waals surface area (Å²) in [5.74, 6) is 0. The number of aliphatic hydroxyl groups is 1. The molecule has 0 amide bonds. The van der Waals surface area contributed by atoms with Gasteiger partial charge in [-0.25, -0.2) is 0 Å². The first-order valence-electron chi connectivity index (χ1n) is 5.56. The van der Waals surface area contributed by atoms with Gasteiger partial charge in [-0.05, 0) is 6.07 Å². The molecule has 0 aliphatic carbocycles. The van der Waals surface area contributed by atoms with Crippen molar-refractivity contribution in [3.63, 3.8) is 0 Å². The molecule has 1 fully saturated rings. The number of piperazine rings is 1. The van der Waals surface area contributed by atoms with Crippen molar-refractivity contribution in [2.45, 2.75) is 6.04 Å². The average Bonchev–Trinajstić information content (AvgIpc) is 2.38. The molecule has 1 aromatic rings. The van der Waals surface area contributed by atoms with Gasteiger partial charge >= 0.3 is 0 Å². The second kappa shape index (κ2) is 5.14. The van der Waals surface area contributed by atoms with Crippen molar-refractivity contribution in [1.29, 1.82) is 0 Å². The first kappa shape index (κ1) is 11.2. The fraction of sp³-hybridized carbons (Fsp3) is 0.545. The van der Waals surface area contributed by atoms with E-state index in [0.717, 1.165) is 31.0 Å². The van der Waals surface area contributed by atoms with Crippen LogP contribution in [0.15, 0.2) is 18.5 Å². The summed E-state index contributed by atoms with van der Waals surface area (Å²) in [5.41, 5.74) is 2.18. The molecule has 5 nitrogen and oxygen atoms in total. The van der Waals surface area contributed by atoms with Gasteiger partial charge in [0, 0.05) is 38.9 Å². The number of aromatic nitrogens is 1. The Hall–Kier alpha value is -1.33. The zero-order chi connectivity index (χ0) is 11.4. The van der Waals surface area contributed by atoms with E-state index in [0.29, 0.717) is 0 Å². The van der Waals surface area contributed by atoms with Gasteiger partial charge in [0.05, 0.1) is 24.2 Å². The summed E-state index contributed by atoms with van der Waals surface area (Å²) in [7, 11) is 1.90. The van der Waals surface area contributed by atoms with Crippen LogP contribution in [0.1, 0.15) is 0 Å². The molecule has 0 spiro atoms. The van der Waals surface area contributed by atoms with Crippen LogP contribution in [0.2, 0.25) is 0 Å². The number of anilines is 2. The van der Waals surface area contributed by atoms with E-state index in [1.54, 1.807) is 6.20 Å². The van der Waals surface area contributed by atoms with E-state index in [-0.39, 0.29) is 12.6 Å². The van der Waals surface area contributed by atoms with Gasteiger partial charge in [0.2, 0.25) is 0 Å². The molecule has 0 unspecified atom stereocenters. The highest BCUT2D eigenvalue weighted by Crippen LogP contribution is 2.24. The van der Waals surface area contributed by atoms with E-state index in [1.165, 1.54) is 0 Å². The Bertz CT molecular complexity index is 345. The fourth-order valence-corrected chi connectivity index (χ4v) is 2.02. The maximum atomic E-state index is 9.17. The van der Waals surface area contributed by atoms with Gasteiger partial charge in [-0.3, -0.25) is 4.98 Å². The summed E-state index contributed by atoms with van der Waals surface area (Å²) < 4.78 is 0. The minimum absolute atomic E-state index is 0.159. The third-order valence-electron chi connectivity index (χ3n) is 2.88. The fourth-order valence-electron chi connectivity index (χ4n) is 2.02. The SMILES string of the molecule is CNc1cnccc1N1CCN[C@H](CO)C1. The predicted octanol–water partition coefficient (Wildman–Crippen LogP) is -0.106. The van der Waals surface area contributed by atoms with Gasteiger partial charge in [-0.15, -0.1) is 0 Å². The summed E-state index contributed by atoms with van der Waals surface area (Å²) in [6.07, 6.45) is 3.62. The molecule has 2 rings (SSSR count). The highest BCUT2D eigenvalue weighted by molar-refractivity contribution is 5.68. The molecule has 1 aliphatic rings. The van der Waals surface area contributed by atoms with Crippen molar-refractivity contribution in [2.75, 3.05) is 43.5 Å². The largest absolute Gasteiger partial charge is 0.395 e. The Morgan fingerprint density at radius 2 is 2.56 bits per heavy atom. The smallest absolute Gasteiger partial charge is 0.0761 e. The van der Waals surface area contributed by atoms with Crippen LogP contribution in [0.3, 0.4) is 0 Å². The predicted molar refractivity (Wildman–Crippen MR) is 64.9 cm³/mol. The first-order chi connectivity index (χ1) is 7.85. The van der Waals surface area contributed by atoms with Crippen LogP contribution in [0.4, 0.5) is 11.4 Å². The van der Waals surface area contributed by atoms with Crippen LogP contribution in [-0.2, 0) is 0 Å². The van der Waals surface area contributed by atoms with Gasteiger partial charge in [0.1, 0.15) is 0 Å². The van der Waals surface area contributed by atoms with Crippen LogP contribution in [0.25, 0.3) is 0 Å². The lowest BCUT2D eigenvalue weighted by atomic mass is 10.2. The molecule has 88 valence electrons. The quantitative estimate of drug-likeness (QED) is 0.666. The van der Waals surface area contributed by atoms with Crippen LogP contribution in [0.5, 0.6) is 0 Å². The minimum atomic E-state index is 0.159. The summed E-state index contributed by atoms with van der Waals surface area (Å²) in [6.45, 7) is 2.86. The summed E-state index contributed by atoms with van der Waals surface area (Å²) >= 11 is 0. The van der Waals surface area contributed by atoms with Crippen LogP contribution in [-0.4, -0.2) is 49.4 Å². The molecular weight excluding hydrogens is 204 g/mol. The monoisotopic (exact) mass is 222 g/mol. The molecule has 0 aromatic carbocycles. The van der Waals surface area contributed by atoms with Crippen LogP contribution in [0, 0.1) is 0 Å². The lowest BCUT2D eigenvalue weighted by Gasteiger charge is -2.35. The number of pyridine rings is 1. The number of rotatable bonds is 3. The average molecular weight is 222 g/mol. The second-order valence-electron chi connectivity index (χ2n) is 3.92. The van der Waals surface area contributed by atoms with Crippen molar-refractivity contribution >= 4 is 11.4 Å². The Balaban J connectivity index is 2.16. The number of hydrogen-bond donors (Lipinski definition) is 3. The van der Waals surface area contributed by atoms with Crippen molar-refractivity contribution < 1.29 is 5.11 Å². The maximum Gasteiger partial charge on any atom is 0.0761 e. The normalized spacial score (nSPS) is 20.9. The molecule has 1 atom stereocenters. The van der Waals surface area contributed by atoms with E-state index in [9.17, 15) is 0 Å². The molecule has 0 radical (unpaired) electrons. The maximum absolute atomic E-state index is 9.17. The van der Waals surface area contributed by atoms with Gasteiger partial charge in [0.25, 0.3) is 0 Å². The molecule has 0 saturated carbocycles. The van der Waals surface area contributed by atoms with Crippen molar-refractivity contribution in [2.24, 2.45) is 0 Å². The van der Waals surface area contributed by atoms with Crippen molar-refractivity contribution in [3.05, 3.63) is 18.5 Å². The topological polar surface area (TPSA) is 60.4 Å². The van der Waals surface area contributed by atoms with Crippen LogP contribution < -0.4 is 15.5 Å². The number of nitrogens with zero attached hydrogens (tertiary/aromatic N) is 2. The van der Waals surface area contributed by atoms with E-state index in [4.69, 9.17) is 5.11 Å². The Labute approximate surface area is 95.5 Å².